The molecular weight excluding hydrogens is 191 g/mol. The van der Waals surface area contributed by atoms with E-state index in [1.807, 2.05) is 0 Å². The summed E-state index contributed by atoms with van der Waals surface area (Å²) in [5.74, 6) is 0. The van der Waals surface area contributed by atoms with Crippen LogP contribution in [0.2, 0.25) is 0 Å². The van der Waals surface area contributed by atoms with Crippen LogP contribution in [0.5, 0.6) is 0 Å². The second-order valence-electron chi connectivity index (χ2n) is 3.14. The van der Waals surface area contributed by atoms with E-state index in [1.54, 1.807) is 12.5 Å². The van der Waals surface area contributed by atoms with Gasteiger partial charge in [0.25, 0.3) is 0 Å². The van der Waals surface area contributed by atoms with E-state index in [2.05, 4.69) is 0 Å². The third-order valence-corrected chi connectivity index (χ3v) is 3.18. The summed E-state index contributed by atoms with van der Waals surface area (Å²) in [6.07, 6.45) is 0.805. The fraction of sp³-hybridized carbons (Fsp3) is 0.556. The minimum absolute atomic E-state index is 0.168. The lowest BCUT2D eigenvalue weighted by molar-refractivity contribution is -0.0211. The van der Waals surface area contributed by atoms with Crippen molar-refractivity contribution in [3.63, 3.8) is 0 Å². The molecule has 1 fully saturated rings. The molecule has 1 unspecified atom stereocenters. The largest absolute Gasteiger partial charge is 0.378 e. The van der Waals surface area contributed by atoms with Gasteiger partial charge in [-0.05, 0) is 17.0 Å². The lowest BCUT2D eigenvalue weighted by Crippen LogP contribution is -2.27. The van der Waals surface area contributed by atoms with Gasteiger partial charge in [-0.2, -0.15) is 4.39 Å². The van der Waals surface area contributed by atoms with Crippen molar-refractivity contribution in [1.29, 1.82) is 0 Å². The highest BCUT2D eigenvalue weighted by Crippen LogP contribution is 2.35. The van der Waals surface area contributed by atoms with Gasteiger partial charge in [0, 0.05) is 20.1 Å². The molecule has 1 aromatic heterocycles. The highest BCUT2D eigenvalue weighted by Gasteiger charge is 2.37. The van der Waals surface area contributed by atoms with Crippen molar-refractivity contribution in [2.45, 2.75) is 12.0 Å². The van der Waals surface area contributed by atoms with Gasteiger partial charge < -0.3 is 9.47 Å². The van der Waals surface area contributed by atoms with Gasteiger partial charge in [0.15, 0.2) is 5.13 Å². The Labute approximate surface area is 80.3 Å². The average Bonchev–Trinajstić information content (AvgIpc) is 2.73. The minimum Gasteiger partial charge on any atom is -0.378 e. The van der Waals surface area contributed by atoms with Crippen LogP contribution in [0, 0.1) is 5.13 Å². The molecule has 0 radical (unpaired) electrons. The first-order valence-corrected chi connectivity index (χ1v) is 5.02. The molecule has 0 aromatic carbocycles. The Balaban J connectivity index is 2.30. The molecule has 72 valence electrons. The van der Waals surface area contributed by atoms with E-state index >= 15 is 0 Å². The van der Waals surface area contributed by atoms with Gasteiger partial charge in [-0.25, -0.2) is 0 Å². The first kappa shape index (κ1) is 9.12. The van der Waals surface area contributed by atoms with Crippen molar-refractivity contribution in [3.8, 4) is 0 Å². The zero-order valence-corrected chi connectivity index (χ0v) is 8.20. The Morgan fingerprint density at radius 2 is 2.54 bits per heavy atom. The molecule has 2 rings (SSSR count). The second kappa shape index (κ2) is 3.36. The standard InChI is InChI=1S/C9H11FO2S/c1-11-9(2-3-12-6-9)7-4-8(10)13-5-7/h4-5H,2-3,6H2,1H3. The topological polar surface area (TPSA) is 18.5 Å². The lowest BCUT2D eigenvalue weighted by atomic mass is 9.96. The van der Waals surface area contributed by atoms with E-state index in [9.17, 15) is 4.39 Å². The van der Waals surface area contributed by atoms with E-state index in [0.717, 1.165) is 23.3 Å². The fourth-order valence-electron chi connectivity index (χ4n) is 1.60. The summed E-state index contributed by atoms with van der Waals surface area (Å²) in [6.45, 7) is 1.21. The van der Waals surface area contributed by atoms with Crippen LogP contribution < -0.4 is 0 Å². The van der Waals surface area contributed by atoms with Crippen molar-refractivity contribution in [2.75, 3.05) is 20.3 Å². The van der Waals surface area contributed by atoms with Gasteiger partial charge in [-0.3, -0.25) is 0 Å². The number of ether oxygens (including phenoxy) is 2. The summed E-state index contributed by atoms with van der Waals surface area (Å²) in [6, 6.07) is 1.53. The van der Waals surface area contributed by atoms with Gasteiger partial charge in [0.05, 0.1) is 6.61 Å². The van der Waals surface area contributed by atoms with E-state index in [0.29, 0.717) is 13.2 Å². The van der Waals surface area contributed by atoms with E-state index < -0.39 is 5.60 Å². The third-order valence-electron chi connectivity index (χ3n) is 2.47. The Hall–Kier alpha value is -0.450. The number of hydrogen-bond acceptors (Lipinski definition) is 3. The first-order chi connectivity index (χ1) is 6.27. The predicted molar refractivity (Wildman–Crippen MR) is 48.4 cm³/mol. The van der Waals surface area contributed by atoms with E-state index in [-0.39, 0.29) is 5.13 Å². The second-order valence-corrected chi connectivity index (χ2v) is 4.00. The number of hydrogen-bond donors (Lipinski definition) is 0. The third kappa shape index (κ3) is 1.49. The summed E-state index contributed by atoms with van der Waals surface area (Å²) in [5.41, 5.74) is 0.496. The minimum atomic E-state index is -0.402. The van der Waals surface area contributed by atoms with Crippen LogP contribution in [0.1, 0.15) is 12.0 Å². The number of methoxy groups -OCH3 is 1. The van der Waals surface area contributed by atoms with Crippen molar-refractivity contribution in [2.24, 2.45) is 0 Å². The highest BCUT2D eigenvalue weighted by atomic mass is 32.1. The van der Waals surface area contributed by atoms with Gasteiger partial charge in [-0.15, -0.1) is 11.3 Å². The van der Waals surface area contributed by atoms with Crippen LogP contribution in [-0.2, 0) is 15.1 Å². The van der Waals surface area contributed by atoms with Crippen molar-refractivity contribution in [3.05, 3.63) is 22.1 Å². The Kier molecular flexibility index (Phi) is 2.36. The SMILES string of the molecule is COC1(c2csc(F)c2)CCOC1. The monoisotopic (exact) mass is 202 g/mol. The predicted octanol–water partition coefficient (Wildman–Crippen LogP) is 2.15. The zero-order valence-electron chi connectivity index (χ0n) is 7.38. The van der Waals surface area contributed by atoms with Crippen LogP contribution >= 0.6 is 11.3 Å². The summed E-state index contributed by atoms with van der Waals surface area (Å²) >= 11 is 1.10. The van der Waals surface area contributed by atoms with Crippen molar-refractivity contribution in [1.82, 2.24) is 0 Å². The molecule has 0 spiro atoms. The number of halogens is 1. The maximum Gasteiger partial charge on any atom is 0.176 e. The Bertz CT molecular complexity index is 292. The van der Waals surface area contributed by atoms with Crippen molar-refractivity contribution >= 4 is 11.3 Å². The zero-order chi connectivity index (χ0) is 9.31. The Morgan fingerprint density at radius 3 is 3.00 bits per heavy atom. The quantitative estimate of drug-likeness (QED) is 0.731. The molecule has 2 nitrogen and oxygen atoms in total. The molecule has 1 atom stereocenters. The van der Waals surface area contributed by atoms with Crippen molar-refractivity contribution < 1.29 is 13.9 Å². The normalized spacial score (nSPS) is 28.2. The number of rotatable bonds is 2. The molecule has 1 aromatic rings. The van der Waals surface area contributed by atoms with Crippen LogP contribution in [0.4, 0.5) is 4.39 Å². The van der Waals surface area contributed by atoms with Gasteiger partial charge in [0.2, 0.25) is 0 Å². The molecular formula is C9H11FO2S. The molecule has 4 heteroatoms. The maximum atomic E-state index is 12.8. The summed E-state index contributed by atoms with van der Waals surface area (Å²) in [7, 11) is 1.64. The van der Waals surface area contributed by atoms with Crippen LogP contribution in [-0.4, -0.2) is 20.3 Å². The molecule has 0 bridgehead atoms. The first-order valence-electron chi connectivity index (χ1n) is 4.14. The fourth-order valence-corrected chi connectivity index (χ4v) is 2.32. The molecule has 13 heavy (non-hydrogen) atoms. The van der Waals surface area contributed by atoms with Crippen LogP contribution in [0.15, 0.2) is 11.4 Å². The molecule has 2 heterocycles. The molecule has 1 saturated heterocycles. The van der Waals surface area contributed by atoms with Crippen LogP contribution in [0.3, 0.4) is 0 Å². The smallest absolute Gasteiger partial charge is 0.176 e. The molecule has 0 amide bonds. The maximum absolute atomic E-state index is 12.8. The Morgan fingerprint density at radius 1 is 1.69 bits per heavy atom. The van der Waals surface area contributed by atoms with E-state index in [4.69, 9.17) is 9.47 Å². The summed E-state index contributed by atoms with van der Waals surface area (Å²) < 4.78 is 23.5. The van der Waals surface area contributed by atoms with Gasteiger partial charge >= 0.3 is 0 Å². The van der Waals surface area contributed by atoms with Crippen LogP contribution in [0.25, 0.3) is 0 Å². The molecule has 0 aliphatic carbocycles. The summed E-state index contributed by atoms with van der Waals surface area (Å²) in [5, 5.41) is 1.63. The highest BCUT2D eigenvalue weighted by molar-refractivity contribution is 7.08. The van der Waals surface area contributed by atoms with E-state index in [1.165, 1.54) is 6.07 Å². The lowest BCUT2D eigenvalue weighted by Gasteiger charge is -2.24. The van der Waals surface area contributed by atoms with Gasteiger partial charge in [-0.1, -0.05) is 0 Å². The number of thiophene rings is 1. The molecule has 0 saturated carbocycles. The molecule has 0 N–H and O–H groups in total. The average molecular weight is 202 g/mol. The summed E-state index contributed by atoms with van der Waals surface area (Å²) in [4.78, 5) is 0. The molecule has 1 aliphatic rings. The van der Waals surface area contributed by atoms with Gasteiger partial charge in [0.1, 0.15) is 5.60 Å². The molecule has 1 aliphatic heterocycles.